The van der Waals surface area contributed by atoms with Gasteiger partial charge in [0.25, 0.3) is 0 Å². The summed E-state index contributed by atoms with van der Waals surface area (Å²) in [5, 5.41) is 5.68. The number of carbonyl (C=O) groups is 2. The molecule has 2 N–H and O–H groups in total. The Kier molecular flexibility index (Phi) is 5.75. The van der Waals surface area contributed by atoms with E-state index in [9.17, 15) is 9.59 Å². The first-order chi connectivity index (χ1) is 9.69. The summed E-state index contributed by atoms with van der Waals surface area (Å²) in [4.78, 5) is 27.6. The highest BCUT2D eigenvalue weighted by atomic mass is 16.5. The first-order valence-electron chi connectivity index (χ1n) is 7.21. The second-order valence-corrected chi connectivity index (χ2v) is 5.29. The van der Waals surface area contributed by atoms with E-state index in [1.165, 1.54) is 0 Å². The average Bonchev–Trinajstić information content (AvgIpc) is 2.78. The largest absolute Gasteiger partial charge is 0.379 e. The topological polar surface area (TPSA) is 73.9 Å². The first kappa shape index (κ1) is 15.2. The number of hydrogen-bond donors (Lipinski definition) is 2. The lowest BCUT2D eigenvalue weighted by Crippen LogP contribution is -2.43. The minimum absolute atomic E-state index is 0.0481. The molecular weight excluding hydrogens is 260 g/mol. The highest BCUT2D eigenvalue weighted by Crippen LogP contribution is 2.11. The van der Waals surface area contributed by atoms with Gasteiger partial charge in [-0.25, -0.2) is 0 Å². The Bertz CT molecular complexity index is 345. The molecule has 2 aliphatic rings. The SMILES string of the molecule is CNCC(=O)NC1CC(=O)N(CCN2CCOCC2)C1. The van der Waals surface area contributed by atoms with E-state index >= 15 is 0 Å². The van der Waals surface area contributed by atoms with Crippen molar-refractivity contribution in [2.24, 2.45) is 0 Å². The van der Waals surface area contributed by atoms with Gasteiger partial charge in [0.1, 0.15) is 0 Å². The van der Waals surface area contributed by atoms with Gasteiger partial charge in [-0.2, -0.15) is 0 Å². The maximum Gasteiger partial charge on any atom is 0.234 e. The number of hydrogen-bond acceptors (Lipinski definition) is 5. The average molecular weight is 284 g/mol. The lowest BCUT2D eigenvalue weighted by atomic mass is 10.2. The third-order valence-corrected chi connectivity index (χ3v) is 3.71. The van der Waals surface area contributed by atoms with Crippen molar-refractivity contribution in [1.82, 2.24) is 20.4 Å². The molecule has 2 amide bonds. The van der Waals surface area contributed by atoms with Crippen LogP contribution in [0.4, 0.5) is 0 Å². The lowest BCUT2D eigenvalue weighted by molar-refractivity contribution is -0.128. The van der Waals surface area contributed by atoms with Gasteiger partial charge in [0.2, 0.25) is 11.8 Å². The molecule has 0 aromatic carbocycles. The number of likely N-dealkylation sites (tertiary alicyclic amines) is 1. The Balaban J connectivity index is 1.70. The van der Waals surface area contributed by atoms with Crippen molar-refractivity contribution >= 4 is 11.8 Å². The predicted octanol–water partition coefficient (Wildman–Crippen LogP) is -1.74. The van der Waals surface area contributed by atoms with Gasteiger partial charge in [-0.15, -0.1) is 0 Å². The molecule has 0 radical (unpaired) electrons. The van der Waals surface area contributed by atoms with Gasteiger partial charge in [-0.05, 0) is 7.05 Å². The molecule has 2 heterocycles. The summed E-state index contributed by atoms with van der Waals surface area (Å²) in [5.74, 6) is 0.0772. The van der Waals surface area contributed by atoms with Gasteiger partial charge in [0, 0.05) is 39.1 Å². The van der Waals surface area contributed by atoms with Crippen LogP contribution in [-0.2, 0) is 14.3 Å². The molecule has 0 bridgehead atoms. The smallest absolute Gasteiger partial charge is 0.234 e. The van der Waals surface area contributed by atoms with E-state index in [0.29, 0.717) is 19.5 Å². The van der Waals surface area contributed by atoms with Gasteiger partial charge in [-0.3, -0.25) is 14.5 Å². The molecular formula is C13H24N4O3. The number of amides is 2. The molecule has 0 aromatic rings. The molecule has 20 heavy (non-hydrogen) atoms. The lowest BCUT2D eigenvalue weighted by Gasteiger charge is -2.28. The van der Waals surface area contributed by atoms with Gasteiger partial charge >= 0.3 is 0 Å². The molecule has 2 rings (SSSR count). The summed E-state index contributed by atoms with van der Waals surface area (Å²) in [6, 6.07) is -0.0481. The minimum Gasteiger partial charge on any atom is -0.379 e. The van der Waals surface area contributed by atoms with Crippen molar-refractivity contribution in [3.63, 3.8) is 0 Å². The summed E-state index contributed by atoms with van der Waals surface area (Å²) < 4.78 is 5.30. The Morgan fingerprint density at radius 1 is 1.35 bits per heavy atom. The van der Waals surface area contributed by atoms with Gasteiger partial charge in [-0.1, -0.05) is 0 Å². The zero-order valence-electron chi connectivity index (χ0n) is 12.1. The van der Waals surface area contributed by atoms with Gasteiger partial charge < -0.3 is 20.3 Å². The fraction of sp³-hybridized carbons (Fsp3) is 0.846. The predicted molar refractivity (Wildman–Crippen MR) is 74.3 cm³/mol. The summed E-state index contributed by atoms with van der Waals surface area (Å²) in [6.45, 7) is 5.95. The van der Waals surface area contributed by atoms with E-state index in [4.69, 9.17) is 4.74 Å². The molecule has 7 heteroatoms. The molecule has 0 aromatic heterocycles. The number of likely N-dealkylation sites (N-methyl/N-ethyl adjacent to an activating group) is 1. The van der Waals surface area contributed by atoms with Crippen molar-refractivity contribution in [3.05, 3.63) is 0 Å². The molecule has 114 valence electrons. The van der Waals surface area contributed by atoms with Crippen LogP contribution in [0.2, 0.25) is 0 Å². The minimum atomic E-state index is -0.0553. The monoisotopic (exact) mass is 284 g/mol. The van der Waals surface area contributed by atoms with E-state index in [0.717, 1.165) is 39.4 Å². The van der Waals surface area contributed by atoms with Crippen LogP contribution in [0.5, 0.6) is 0 Å². The molecule has 0 aliphatic carbocycles. The molecule has 2 aliphatic heterocycles. The Labute approximate surface area is 119 Å². The van der Waals surface area contributed by atoms with Crippen LogP contribution < -0.4 is 10.6 Å². The summed E-state index contributed by atoms with van der Waals surface area (Å²) >= 11 is 0. The van der Waals surface area contributed by atoms with E-state index in [1.807, 2.05) is 4.90 Å². The number of morpholine rings is 1. The van der Waals surface area contributed by atoms with E-state index in [-0.39, 0.29) is 17.9 Å². The maximum absolute atomic E-state index is 11.9. The number of carbonyl (C=O) groups excluding carboxylic acids is 2. The van der Waals surface area contributed by atoms with E-state index < -0.39 is 0 Å². The Morgan fingerprint density at radius 2 is 2.10 bits per heavy atom. The van der Waals surface area contributed by atoms with Crippen LogP contribution in [0.25, 0.3) is 0 Å². The van der Waals surface area contributed by atoms with Crippen LogP contribution in [0, 0.1) is 0 Å². The second kappa shape index (κ2) is 7.56. The molecule has 1 unspecified atom stereocenters. The summed E-state index contributed by atoms with van der Waals surface area (Å²) in [7, 11) is 1.73. The zero-order valence-corrected chi connectivity index (χ0v) is 12.1. The fourth-order valence-electron chi connectivity index (χ4n) is 2.61. The van der Waals surface area contributed by atoms with Crippen LogP contribution >= 0.6 is 0 Å². The van der Waals surface area contributed by atoms with Gasteiger partial charge in [0.15, 0.2) is 0 Å². The molecule has 0 saturated carbocycles. The summed E-state index contributed by atoms with van der Waals surface area (Å²) in [5.41, 5.74) is 0. The third-order valence-electron chi connectivity index (χ3n) is 3.71. The van der Waals surface area contributed by atoms with Crippen LogP contribution in [0.3, 0.4) is 0 Å². The maximum atomic E-state index is 11.9. The van der Waals surface area contributed by atoms with Crippen LogP contribution in [0.15, 0.2) is 0 Å². The first-order valence-corrected chi connectivity index (χ1v) is 7.21. The Morgan fingerprint density at radius 3 is 2.80 bits per heavy atom. The molecule has 1 atom stereocenters. The summed E-state index contributed by atoms with van der Waals surface area (Å²) in [6.07, 6.45) is 0.415. The van der Waals surface area contributed by atoms with Crippen molar-refractivity contribution < 1.29 is 14.3 Å². The molecule has 0 spiro atoms. The van der Waals surface area contributed by atoms with Crippen LogP contribution in [-0.4, -0.2) is 87.2 Å². The molecule has 2 fully saturated rings. The van der Waals surface area contributed by atoms with E-state index in [1.54, 1.807) is 7.05 Å². The quantitative estimate of drug-likeness (QED) is 0.605. The number of nitrogens with zero attached hydrogens (tertiary/aromatic N) is 2. The standard InChI is InChI=1S/C13H24N4O3/c1-14-9-12(18)15-11-8-13(19)17(10-11)3-2-16-4-6-20-7-5-16/h11,14H,2-10H2,1H3,(H,15,18). The number of ether oxygens (including phenoxy) is 1. The highest BCUT2D eigenvalue weighted by molar-refractivity contribution is 5.82. The molecule has 2 saturated heterocycles. The third kappa shape index (κ3) is 4.43. The normalized spacial score (nSPS) is 24.1. The zero-order chi connectivity index (χ0) is 14.4. The number of rotatable bonds is 6. The highest BCUT2D eigenvalue weighted by Gasteiger charge is 2.30. The fourth-order valence-corrected chi connectivity index (χ4v) is 2.61. The van der Waals surface area contributed by atoms with Crippen molar-refractivity contribution in [3.8, 4) is 0 Å². The van der Waals surface area contributed by atoms with Crippen molar-refractivity contribution in [2.45, 2.75) is 12.5 Å². The van der Waals surface area contributed by atoms with Gasteiger partial charge in [0.05, 0.1) is 25.8 Å². The number of nitrogens with one attached hydrogen (secondary N) is 2. The van der Waals surface area contributed by atoms with Crippen molar-refractivity contribution in [2.75, 3.05) is 59.5 Å². The van der Waals surface area contributed by atoms with Crippen LogP contribution in [0.1, 0.15) is 6.42 Å². The second-order valence-electron chi connectivity index (χ2n) is 5.29. The van der Waals surface area contributed by atoms with E-state index in [2.05, 4.69) is 15.5 Å². The Hall–Kier alpha value is -1.18. The molecule has 7 nitrogen and oxygen atoms in total. The van der Waals surface area contributed by atoms with Crippen molar-refractivity contribution in [1.29, 1.82) is 0 Å².